The summed E-state index contributed by atoms with van der Waals surface area (Å²) in [5.74, 6) is 0.778. The highest BCUT2D eigenvalue weighted by atomic mass is 16.2. The van der Waals surface area contributed by atoms with E-state index in [2.05, 4.69) is 32.0 Å². The van der Waals surface area contributed by atoms with Crippen LogP contribution in [0.15, 0.2) is 12.4 Å². The number of hydrogen-bond donors (Lipinski definition) is 1. The Morgan fingerprint density at radius 2 is 2.05 bits per heavy atom. The van der Waals surface area contributed by atoms with Crippen molar-refractivity contribution >= 4 is 11.7 Å². The fraction of sp³-hybridized carbons (Fsp3) is 0.643. The molecule has 1 aromatic rings. The molecular formula is C14H21N5O. The quantitative estimate of drug-likeness (QED) is 0.867. The third-order valence-electron chi connectivity index (χ3n) is 3.94. The van der Waals surface area contributed by atoms with Gasteiger partial charge in [0.2, 0.25) is 0 Å². The molecule has 1 saturated heterocycles. The number of carbonyl (C=O) groups excluding carboxylic acids is 1. The van der Waals surface area contributed by atoms with Gasteiger partial charge in [-0.05, 0) is 19.4 Å². The van der Waals surface area contributed by atoms with Gasteiger partial charge in [0.15, 0.2) is 0 Å². The molecule has 1 aromatic heterocycles. The highest BCUT2D eigenvalue weighted by molar-refractivity contribution is 5.93. The van der Waals surface area contributed by atoms with Crippen molar-refractivity contribution in [3.63, 3.8) is 0 Å². The molecule has 1 amide bonds. The van der Waals surface area contributed by atoms with Gasteiger partial charge in [0.1, 0.15) is 17.8 Å². The Bertz CT molecular complexity index is 480. The molecule has 0 spiro atoms. The number of piperazine rings is 1. The first-order valence-corrected chi connectivity index (χ1v) is 7.36. The summed E-state index contributed by atoms with van der Waals surface area (Å²) in [6, 6.07) is 2.16. The average Bonchev–Trinajstić information content (AvgIpc) is 3.31. The lowest BCUT2D eigenvalue weighted by Gasteiger charge is -2.34. The van der Waals surface area contributed by atoms with Crippen LogP contribution < -0.4 is 10.2 Å². The summed E-state index contributed by atoms with van der Waals surface area (Å²) in [7, 11) is 0. The topological polar surface area (TPSA) is 61.4 Å². The molecule has 1 saturated carbocycles. The number of amides is 1. The Hall–Kier alpha value is -1.69. The Kier molecular flexibility index (Phi) is 3.82. The largest absolute Gasteiger partial charge is 0.354 e. The summed E-state index contributed by atoms with van der Waals surface area (Å²) in [5.41, 5.74) is 0.472. The van der Waals surface area contributed by atoms with Crippen LogP contribution in [0.3, 0.4) is 0 Å². The predicted molar refractivity (Wildman–Crippen MR) is 76.8 cm³/mol. The van der Waals surface area contributed by atoms with E-state index in [1.807, 2.05) is 0 Å². The molecule has 2 heterocycles. The predicted octanol–water partition coefficient (Wildman–Crippen LogP) is 0.511. The maximum Gasteiger partial charge on any atom is 0.270 e. The summed E-state index contributed by atoms with van der Waals surface area (Å²) in [6.07, 6.45) is 3.66. The first-order chi connectivity index (χ1) is 9.76. The van der Waals surface area contributed by atoms with Crippen molar-refractivity contribution in [2.24, 2.45) is 0 Å². The average molecular weight is 275 g/mol. The molecule has 0 unspecified atom stereocenters. The number of nitrogens with one attached hydrogen (secondary N) is 1. The van der Waals surface area contributed by atoms with Crippen LogP contribution in [0, 0.1) is 0 Å². The van der Waals surface area contributed by atoms with Gasteiger partial charge >= 0.3 is 0 Å². The summed E-state index contributed by atoms with van der Waals surface area (Å²) in [5, 5.41) is 2.96. The molecule has 6 heteroatoms. The van der Waals surface area contributed by atoms with Gasteiger partial charge in [-0.1, -0.05) is 6.92 Å². The number of aromatic nitrogens is 2. The van der Waals surface area contributed by atoms with Crippen molar-refractivity contribution in [3.05, 3.63) is 18.1 Å². The van der Waals surface area contributed by atoms with Gasteiger partial charge in [-0.15, -0.1) is 0 Å². The van der Waals surface area contributed by atoms with Gasteiger partial charge in [0, 0.05) is 38.3 Å². The van der Waals surface area contributed by atoms with E-state index in [0.29, 0.717) is 11.7 Å². The van der Waals surface area contributed by atoms with Crippen molar-refractivity contribution < 1.29 is 4.79 Å². The third kappa shape index (κ3) is 3.07. The third-order valence-corrected chi connectivity index (χ3v) is 3.94. The highest BCUT2D eigenvalue weighted by Crippen LogP contribution is 2.20. The monoisotopic (exact) mass is 275 g/mol. The van der Waals surface area contributed by atoms with Crippen LogP contribution in [-0.4, -0.2) is 59.5 Å². The van der Waals surface area contributed by atoms with E-state index in [-0.39, 0.29) is 5.91 Å². The molecule has 3 rings (SSSR count). The molecule has 1 N–H and O–H groups in total. The molecule has 6 nitrogen and oxygen atoms in total. The normalized spacial score (nSPS) is 19.9. The van der Waals surface area contributed by atoms with Crippen molar-refractivity contribution in [3.8, 4) is 0 Å². The maximum atomic E-state index is 12.0. The van der Waals surface area contributed by atoms with Crippen molar-refractivity contribution in [1.29, 1.82) is 0 Å². The molecule has 0 aromatic carbocycles. The number of rotatable bonds is 4. The first kappa shape index (κ1) is 13.3. The summed E-state index contributed by atoms with van der Waals surface area (Å²) < 4.78 is 0. The SMILES string of the molecule is CCN1CCN(c2cc(C(=O)NC3CC3)ncn2)CC1. The van der Waals surface area contributed by atoms with Crippen molar-refractivity contribution in [2.45, 2.75) is 25.8 Å². The minimum absolute atomic E-state index is 0.0802. The Balaban J connectivity index is 1.66. The van der Waals surface area contributed by atoms with Gasteiger partial charge in [-0.25, -0.2) is 9.97 Å². The lowest BCUT2D eigenvalue weighted by atomic mass is 10.3. The van der Waals surface area contributed by atoms with Crippen LogP contribution in [0.4, 0.5) is 5.82 Å². The highest BCUT2D eigenvalue weighted by Gasteiger charge is 2.25. The standard InChI is InChI=1S/C14H21N5O/c1-2-18-5-7-19(8-6-18)13-9-12(15-10-16-13)14(20)17-11-3-4-11/h9-11H,2-8H2,1H3,(H,17,20). The number of anilines is 1. The van der Waals surface area contributed by atoms with Crippen molar-refractivity contribution in [2.75, 3.05) is 37.6 Å². The second-order valence-corrected chi connectivity index (χ2v) is 5.43. The van der Waals surface area contributed by atoms with Gasteiger partial charge in [-0.2, -0.15) is 0 Å². The Morgan fingerprint density at radius 3 is 2.70 bits per heavy atom. The maximum absolute atomic E-state index is 12.0. The van der Waals surface area contributed by atoms with E-state index in [4.69, 9.17) is 0 Å². The molecule has 1 aliphatic carbocycles. The second kappa shape index (κ2) is 5.75. The van der Waals surface area contributed by atoms with E-state index in [1.165, 1.54) is 6.33 Å². The summed E-state index contributed by atoms with van der Waals surface area (Å²) >= 11 is 0. The molecule has 108 valence electrons. The fourth-order valence-corrected chi connectivity index (χ4v) is 2.42. The van der Waals surface area contributed by atoms with E-state index < -0.39 is 0 Å². The molecule has 1 aliphatic heterocycles. The van der Waals surface area contributed by atoms with Crippen molar-refractivity contribution in [1.82, 2.24) is 20.2 Å². The van der Waals surface area contributed by atoms with Crippen LogP contribution in [0.5, 0.6) is 0 Å². The number of hydrogen-bond acceptors (Lipinski definition) is 5. The molecule has 2 aliphatic rings. The fourth-order valence-electron chi connectivity index (χ4n) is 2.42. The van der Waals surface area contributed by atoms with E-state index in [1.54, 1.807) is 6.07 Å². The van der Waals surface area contributed by atoms with Gasteiger partial charge < -0.3 is 15.1 Å². The lowest BCUT2D eigenvalue weighted by molar-refractivity contribution is 0.0946. The van der Waals surface area contributed by atoms with Gasteiger partial charge in [0.05, 0.1) is 0 Å². The zero-order chi connectivity index (χ0) is 13.9. The van der Waals surface area contributed by atoms with E-state index >= 15 is 0 Å². The smallest absolute Gasteiger partial charge is 0.270 e. The molecule has 0 bridgehead atoms. The van der Waals surface area contributed by atoms with E-state index in [0.717, 1.165) is 51.4 Å². The zero-order valence-electron chi connectivity index (χ0n) is 11.9. The zero-order valence-corrected chi connectivity index (χ0v) is 11.9. The van der Waals surface area contributed by atoms with Crippen LogP contribution >= 0.6 is 0 Å². The molecule has 2 fully saturated rings. The van der Waals surface area contributed by atoms with Crippen LogP contribution in [0.2, 0.25) is 0 Å². The Morgan fingerprint density at radius 1 is 1.30 bits per heavy atom. The summed E-state index contributed by atoms with van der Waals surface area (Å²) in [6.45, 7) is 7.27. The van der Waals surface area contributed by atoms with Gasteiger partial charge in [-0.3, -0.25) is 4.79 Å². The van der Waals surface area contributed by atoms with E-state index in [9.17, 15) is 4.79 Å². The number of carbonyl (C=O) groups is 1. The number of likely N-dealkylation sites (N-methyl/N-ethyl adjacent to an activating group) is 1. The van der Waals surface area contributed by atoms with Crippen LogP contribution in [0.25, 0.3) is 0 Å². The lowest BCUT2D eigenvalue weighted by Crippen LogP contribution is -2.46. The minimum Gasteiger partial charge on any atom is -0.354 e. The first-order valence-electron chi connectivity index (χ1n) is 7.36. The van der Waals surface area contributed by atoms with Crippen LogP contribution in [0.1, 0.15) is 30.3 Å². The summed E-state index contributed by atoms with van der Waals surface area (Å²) in [4.78, 5) is 25.0. The number of nitrogens with zero attached hydrogens (tertiary/aromatic N) is 4. The molecule has 20 heavy (non-hydrogen) atoms. The minimum atomic E-state index is -0.0802. The molecule has 0 atom stereocenters. The van der Waals surface area contributed by atoms with Gasteiger partial charge in [0.25, 0.3) is 5.91 Å². The molecular weight excluding hydrogens is 254 g/mol. The van der Waals surface area contributed by atoms with Crippen LogP contribution in [-0.2, 0) is 0 Å². The molecule has 0 radical (unpaired) electrons. The Labute approximate surface area is 119 Å². The second-order valence-electron chi connectivity index (χ2n) is 5.43.